The molecule has 0 aromatic heterocycles. The molecule has 0 aliphatic heterocycles. The molecule has 6 nitrogen and oxygen atoms in total. The molecule has 1 aliphatic carbocycles. The molecule has 7 heteroatoms. The third-order valence-electron chi connectivity index (χ3n) is 4.35. The Kier molecular flexibility index (Phi) is 13.7. The van der Waals surface area contributed by atoms with Crippen molar-refractivity contribution in [2.45, 2.75) is 39.0 Å². The average Bonchev–Trinajstić information content (AvgIpc) is 3.53. The number of halogens is 1. The maximum Gasteiger partial charge on any atom is 0.223 e. The van der Waals surface area contributed by atoms with E-state index < -0.39 is 0 Å². The Bertz CT molecular complexity index is 565. The lowest BCUT2D eigenvalue weighted by Crippen LogP contribution is -2.41. The summed E-state index contributed by atoms with van der Waals surface area (Å²) in [5.74, 6) is 1.26. The number of hydrogen-bond donors (Lipinski definition) is 3. The predicted molar refractivity (Wildman–Crippen MR) is 125 cm³/mol. The fourth-order valence-corrected chi connectivity index (χ4v) is 2.64. The molecular weight excluding hydrogens is 467 g/mol. The fraction of sp³-hybridized carbons (Fsp3) is 0.619. The van der Waals surface area contributed by atoms with Gasteiger partial charge in [-0.2, -0.15) is 0 Å². The molecule has 1 amide bonds. The van der Waals surface area contributed by atoms with E-state index in [4.69, 9.17) is 4.74 Å². The van der Waals surface area contributed by atoms with Crippen LogP contribution < -0.4 is 16.0 Å². The molecule has 1 aliphatic rings. The number of nitrogens with one attached hydrogen (secondary N) is 3. The van der Waals surface area contributed by atoms with E-state index in [0.29, 0.717) is 13.1 Å². The van der Waals surface area contributed by atoms with Crippen LogP contribution in [0.5, 0.6) is 0 Å². The van der Waals surface area contributed by atoms with E-state index in [0.717, 1.165) is 64.4 Å². The largest absolute Gasteiger partial charge is 0.381 e. The standard InChI is InChI=1S/C21H34N4O2.HI/c1-2-22-21(25-15-14-23-20(26)19-10-11-19)24-13-6-7-16-27-17-12-18-8-4-3-5-9-18;/h3-5,8-9,19H,2,6-7,10-17H2,1H3,(H,23,26)(H2,22,24,25);1H. The first-order chi connectivity index (χ1) is 13.3. The van der Waals surface area contributed by atoms with Gasteiger partial charge in [0.05, 0.1) is 6.61 Å². The van der Waals surface area contributed by atoms with Crippen LogP contribution in [0, 0.1) is 5.92 Å². The van der Waals surface area contributed by atoms with Gasteiger partial charge in [-0.15, -0.1) is 24.0 Å². The lowest BCUT2D eigenvalue weighted by atomic mass is 10.2. The van der Waals surface area contributed by atoms with Gasteiger partial charge in [0.15, 0.2) is 5.96 Å². The molecule has 0 unspecified atom stereocenters. The highest BCUT2D eigenvalue weighted by atomic mass is 127. The third kappa shape index (κ3) is 11.5. The van der Waals surface area contributed by atoms with Crippen LogP contribution in [0.3, 0.4) is 0 Å². The number of hydrogen-bond acceptors (Lipinski definition) is 3. The first kappa shape index (κ1) is 24.7. The minimum absolute atomic E-state index is 0. The number of carbonyl (C=O) groups excluding carboxylic acids is 1. The van der Waals surface area contributed by atoms with Gasteiger partial charge in [-0.3, -0.25) is 9.79 Å². The molecule has 28 heavy (non-hydrogen) atoms. The maximum absolute atomic E-state index is 11.6. The summed E-state index contributed by atoms with van der Waals surface area (Å²) in [5.41, 5.74) is 1.32. The van der Waals surface area contributed by atoms with Crippen LogP contribution in [0.4, 0.5) is 0 Å². The van der Waals surface area contributed by atoms with Gasteiger partial charge in [0.25, 0.3) is 0 Å². The molecule has 0 radical (unpaired) electrons. The molecule has 0 spiro atoms. The second kappa shape index (κ2) is 15.6. The van der Waals surface area contributed by atoms with Crippen LogP contribution in [0.15, 0.2) is 35.3 Å². The first-order valence-electron chi connectivity index (χ1n) is 10.2. The minimum Gasteiger partial charge on any atom is -0.381 e. The molecule has 0 heterocycles. The van der Waals surface area contributed by atoms with Crippen molar-refractivity contribution >= 4 is 35.8 Å². The van der Waals surface area contributed by atoms with Crippen LogP contribution >= 0.6 is 24.0 Å². The molecule has 1 fully saturated rings. The molecule has 2 rings (SSSR count). The van der Waals surface area contributed by atoms with Gasteiger partial charge in [0.2, 0.25) is 5.91 Å². The van der Waals surface area contributed by atoms with Gasteiger partial charge in [-0.25, -0.2) is 0 Å². The van der Waals surface area contributed by atoms with Crippen LogP contribution in [-0.2, 0) is 16.0 Å². The highest BCUT2D eigenvalue weighted by Gasteiger charge is 2.28. The number of unbranched alkanes of at least 4 members (excludes halogenated alkanes) is 1. The van der Waals surface area contributed by atoms with Gasteiger partial charge in [0, 0.05) is 38.7 Å². The SMILES string of the molecule is CCNC(=NCCCCOCCc1ccccc1)NCCNC(=O)C1CC1.I. The van der Waals surface area contributed by atoms with E-state index in [-0.39, 0.29) is 35.8 Å². The topological polar surface area (TPSA) is 74.8 Å². The number of nitrogens with zero attached hydrogens (tertiary/aromatic N) is 1. The van der Waals surface area contributed by atoms with Crippen LogP contribution in [0.2, 0.25) is 0 Å². The van der Waals surface area contributed by atoms with Crippen molar-refractivity contribution in [1.29, 1.82) is 0 Å². The van der Waals surface area contributed by atoms with E-state index in [9.17, 15) is 4.79 Å². The van der Waals surface area contributed by atoms with Crippen molar-refractivity contribution in [1.82, 2.24) is 16.0 Å². The summed E-state index contributed by atoms with van der Waals surface area (Å²) in [5, 5.41) is 9.44. The van der Waals surface area contributed by atoms with Crippen LogP contribution in [0.25, 0.3) is 0 Å². The number of rotatable bonds is 13. The normalized spacial score (nSPS) is 13.5. The lowest BCUT2D eigenvalue weighted by molar-refractivity contribution is -0.122. The van der Waals surface area contributed by atoms with Crippen molar-refractivity contribution in [3.05, 3.63) is 35.9 Å². The summed E-state index contributed by atoms with van der Waals surface area (Å²) >= 11 is 0. The Hall–Kier alpha value is -1.35. The van der Waals surface area contributed by atoms with Crippen molar-refractivity contribution in [2.75, 3.05) is 39.4 Å². The summed E-state index contributed by atoms with van der Waals surface area (Å²) in [6.45, 7) is 6.51. The molecule has 158 valence electrons. The Morgan fingerprint density at radius 3 is 2.54 bits per heavy atom. The van der Waals surface area contributed by atoms with Gasteiger partial charge < -0.3 is 20.7 Å². The number of ether oxygens (including phenoxy) is 1. The lowest BCUT2D eigenvalue weighted by Gasteiger charge is -2.11. The zero-order chi connectivity index (χ0) is 19.2. The average molecular weight is 502 g/mol. The van der Waals surface area contributed by atoms with Crippen LogP contribution in [0.1, 0.15) is 38.2 Å². The van der Waals surface area contributed by atoms with Gasteiger partial charge >= 0.3 is 0 Å². The summed E-state index contributed by atoms with van der Waals surface area (Å²) in [6, 6.07) is 10.4. The molecule has 1 aromatic carbocycles. The molecule has 1 saturated carbocycles. The Labute approximate surface area is 186 Å². The van der Waals surface area contributed by atoms with E-state index in [1.807, 2.05) is 13.0 Å². The molecule has 0 saturated heterocycles. The number of benzene rings is 1. The van der Waals surface area contributed by atoms with E-state index in [1.54, 1.807) is 0 Å². The van der Waals surface area contributed by atoms with Crippen molar-refractivity contribution < 1.29 is 9.53 Å². The summed E-state index contributed by atoms with van der Waals surface area (Å²) in [4.78, 5) is 16.1. The number of guanidine groups is 1. The summed E-state index contributed by atoms with van der Waals surface area (Å²) in [6.07, 6.45) is 5.05. The first-order valence-corrected chi connectivity index (χ1v) is 10.2. The molecule has 0 bridgehead atoms. The highest BCUT2D eigenvalue weighted by Crippen LogP contribution is 2.28. The zero-order valence-electron chi connectivity index (χ0n) is 16.9. The summed E-state index contributed by atoms with van der Waals surface area (Å²) in [7, 11) is 0. The fourth-order valence-electron chi connectivity index (χ4n) is 2.64. The molecule has 3 N–H and O–H groups in total. The maximum atomic E-state index is 11.6. The minimum atomic E-state index is 0. The van der Waals surface area contributed by atoms with E-state index >= 15 is 0 Å². The number of carbonyl (C=O) groups is 1. The Morgan fingerprint density at radius 2 is 1.82 bits per heavy atom. The van der Waals surface area contributed by atoms with Crippen LogP contribution in [-0.4, -0.2) is 51.3 Å². The molecule has 0 atom stereocenters. The Balaban J connectivity index is 0.00000392. The number of amides is 1. The second-order valence-corrected chi connectivity index (χ2v) is 6.81. The highest BCUT2D eigenvalue weighted by molar-refractivity contribution is 14.0. The summed E-state index contributed by atoms with van der Waals surface area (Å²) < 4.78 is 5.70. The zero-order valence-corrected chi connectivity index (χ0v) is 19.2. The predicted octanol–water partition coefficient (Wildman–Crippen LogP) is 2.73. The quantitative estimate of drug-likeness (QED) is 0.168. The molecule has 1 aromatic rings. The third-order valence-corrected chi connectivity index (χ3v) is 4.35. The Morgan fingerprint density at radius 1 is 1.07 bits per heavy atom. The molecular formula is C21H35IN4O2. The van der Waals surface area contributed by atoms with Gasteiger partial charge in [-0.05, 0) is 44.6 Å². The van der Waals surface area contributed by atoms with Crippen molar-refractivity contribution in [2.24, 2.45) is 10.9 Å². The van der Waals surface area contributed by atoms with Gasteiger partial charge in [-0.1, -0.05) is 30.3 Å². The number of aliphatic imine (C=N–C) groups is 1. The van der Waals surface area contributed by atoms with Crippen molar-refractivity contribution in [3.63, 3.8) is 0 Å². The van der Waals surface area contributed by atoms with E-state index in [1.165, 1.54) is 5.56 Å². The smallest absolute Gasteiger partial charge is 0.223 e. The second-order valence-electron chi connectivity index (χ2n) is 6.81. The van der Waals surface area contributed by atoms with E-state index in [2.05, 4.69) is 45.2 Å². The van der Waals surface area contributed by atoms with Gasteiger partial charge in [0.1, 0.15) is 0 Å². The monoisotopic (exact) mass is 502 g/mol. The van der Waals surface area contributed by atoms with Crippen molar-refractivity contribution in [3.8, 4) is 0 Å².